The molecule has 0 aliphatic rings. The van der Waals surface area contributed by atoms with E-state index in [9.17, 15) is 25.9 Å². The average molecular weight is 576 g/mol. The van der Waals surface area contributed by atoms with Gasteiger partial charge in [-0.2, -0.15) is 0 Å². The molecule has 2 atom stereocenters. The summed E-state index contributed by atoms with van der Waals surface area (Å²) in [4.78, 5) is -0.336. The Morgan fingerprint density at radius 1 is 0.444 bits per heavy atom. The zero-order valence-corrected chi connectivity index (χ0v) is 27.3. The summed E-state index contributed by atoms with van der Waals surface area (Å²) in [6, 6.07) is 31.8. The van der Waals surface area contributed by atoms with E-state index in [0.29, 0.717) is 17.2 Å². The van der Waals surface area contributed by atoms with Crippen molar-refractivity contribution in [2.24, 2.45) is 0 Å². The van der Waals surface area contributed by atoms with Crippen LogP contribution in [-0.4, -0.2) is 25.9 Å². The summed E-state index contributed by atoms with van der Waals surface area (Å²) in [5.74, 6) is 0. The van der Waals surface area contributed by atoms with Crippen LogP contribution >= 0.6 is 17.2 Å². The van der Waals surface area contributed by atoms with Crippen LogP contribution in [0.15, 0.2) is 119 Å². The van der Waals surface area contributed by atoms with Gasteiger partial charge in [-0.15, -0.1) is 0 Å². The Hall–Kier alpha value is -0.440. The van der Waals surface area contributed by atoms with Crippen LogP contribution in [0.5, 0.6) is 0 Å². The van der Waals surface area contributed by atoms with Crippen molar-refractivity contribution in [1.82, 2.24) is 0 Å². The average Bonchev–Trinajstić information content (AvgIpc) is 2.80. The molecular weight excluding hydrogens is 556 g/mol. The Bertz CT molecular complexity index is 1340. The van der Waals surface area contributed by atoms with Gasteiger partial charge in [0, 0.05) is 0 Å². The molecule has 0 fully saturated rings. The van der Waals surface area contributed by atoms with Gasteiger partial charge in [0.15, 0.2) is 0 Å². The SMILES string of the molecule is O=S(=O)([O-])c1cccc(Pc2ccccc2)c1.O=S(=O)([O-])c1cccc(Pc2ccccc2)c1.[Na+].[Na+]. The largest absolute Gasteiger partial charge is 1.00 e. The third-order valence-corrected chi connectivity index (χ3v) is 8.48. The molecule has 176 valence electrons. The van der Waals surface area contributed by atoms with Gasteiger partial charge >= 0.3 is 59.1 Å². The first-order valence-electron chi connectivity index (χ1n) is 9.87. The summed E-state index contributed by atoms with van der Waals surface area (Å²) in [5.41, 5.74) is 0. The third-order valence-electron chi connectivity index (χ3n) is 4.37. The van der Waals surface area contributed by atoms with E-state index in [1.54, 1.807) is 12.1 Å². The fourth-order valence-electron chi connectivity index (χ4n) is 2.84. The summed E-state index contributed by atoms with van der Waals surface area (Å²) in [5, 5.41) is 3.89. The van der Waals surface area contributed by atoms with E-state index >= 15 is 0 Å². The molecule has 4 aromatic carbocycles. The van der Waals surface area contributed by atoms with Gasteiger partial charge in [0.25, 0.3) is 0 Å². The molecule has 6 nitrogen and oxygen atoms in total. The van der Waals surface area contributed by atoms with Crippen LogP contribution in [0.4, 0.5) is 0 Å². The molecule has 0 aliphatic heterocycles. The van der Waals surface area contributed by atoms with Crippen molar-refractivity contribution in [3.63, 3.8) is 0 Å². The molecule has 2 unspecified atom stereocenters. The van der Waals surface area contributed by atoms with E-state index in [-0.39, 0.29) is 68.9 Å². The Morgan fingerprint density at radius 2 is 0.750 bits per heavy atom. The van der Waals surface area contributed by atoms with Crippen molar-refractivity contribution < 1.29 is 85.1 Å². The number of rotatable bonds is 6. The minimum absolute atomic E-state index is 0. The molecule has 0 aromatic heterocycles. The van der Waals surface area contributed by atoms with Crippen molar-refractivity contribution in [1.29, 1.82) is 0 Å². The predicted octanol–water partition coefficient (Wildman–Crippen LogP) is -3.55. The number of hydrogen-bond donors (Lipinski definition) is 0. The zero-order valence-electron chi connectivity index (χ0n) is 19.7. The molecule has 0 bridgehead atoms. The van der Waals surface area contributed by atoms with Crippen LogP contribution in [0, 0.1) is 0 Å². The molecule has 0 radical (unpaired) electrons. The van der Waals surface area contributed by atoms with E-state index in [1.165, 1.54) is 24.3 Å². The number of hydrogen-bond acceptors (Lipinski definition) is 6. The van der Waals surface area contributed by atoms with Gasteiger partial charge in [0.05, 0.1) is 9.79 Å². The molecule has 0 aliphatic carbocycles. The van der Waals surface area contributed by atoms with Crippen LogP contribution in [0.3, 0.4) is 0 Å². The fraction of sp³-hybridized carbons (Fsp3) is 0. The molecule has 36 heavy (non-hydrogen) atoms. The minimum atomic E-state index is -4.36. The van der Waals surface area contributed by atoms with Gasteiger partial charge in [-0.1, -0.05) is 102 Å². The maximum absolute atomic E-state index is 10.9. The Morgan fingerprint density at radius 3 is 1.06 bits per heavy atom. The van der Waals surface area contributed by atoms with E-state index in [0.717, 1.165) is 21.2 Å². The Labute approximate surface area is 260 Å². The van der Waals surface area contributed by atoms with Gasteiger partial charge in [-0.05, 0) is 45.5 Å². The van der Waals surface area contributed by atoms with Crippen LogP contribution in [0.2, 0.25) is 0 Å². The van der Waals surface area contributed by atoms with Crippen molar-refractivity contribution in [2.45, 2.75) is 9.79 Å². The van der Waals surface area contributed by atoms with Crippen molar-refractivity contribution in [3.8, 4) is 0 Å². The third kappa shape index (κ3) is 11.5. The summed E-state index contributed by atoms with van der Waals surface area (Å²) in [7, 11) is -8.03. The Balaban J connectivity index is 0.000000341. The maximum atomic E-state index is 10.9. The normalized spacial score (nSPS) is 11.4. The van der Waals surface area contributed by atoms with E-state index in [1.807, 2.05) is 72.8 Å². The topological polar surface area (TPSA) is 114 Å². The molecule has 4 rings (SSSR count). The van der Waals surface area contributed by atoms with Crippen LogP contribution < -0.4 is 80.3 Å². The fourth-order valence-corrected chi connectivity index (χ4v) is 6.28. The standard InChI is InChI=1S/2C12H11O3PS.2Na/c2*13-17(14,15)12-8-4-7-11(9-12)16-10-5-2-1-3-6-10;;/h2*1-9,16H,(H,13,14,15);;/q;;2*+1/p-2. The molecule has 0 spiro atoms. The zero-order chi connectivity index (χ0) is 24.6. The molecule has 12 heteroatoms. The Kier molecular flexibility index (Phi) is 14.8. The first kappa shape index (κ1) is 33.6. The van der Waals surface area contributed by atoms with E-state index in [2.05, 4.69) is 0 Å². The molecule has 0 heterocycles. The predicted molar refractivity (Wildman–Crippen MR) is 137 cm³/mol. The first-order valence-corrected chi connectivity index (χ1v) is 14.7. The van der Waals surface area contributed by atoms with E-state index < -0.39 is 20.2 Å². The monoisotopic (exact) mass is 576 g/mol. The first-order chi connectivity index (χ1) is 16.1. The van der Waals surface area contributed by atoms with Gasteiger partial charge in [-0.3, -0.25) is 0 Å². The van der Waals surface area contributed by atoms with Crippen LogP contribution in [0.25, 0.3) is 0 Å². The van der Waals surface area contributed by atoms with Crippen LogP contribution in [-0.2, 0) is 20.2 Å². The quantitative estimate of drug-likeness (QED) is 0.134. The summed E-state index contributed by atoms with van der Waals surface area (Å²) in [6.07, 6.45) is 0. The van der Waals surface area contributed by atoms with Crippen molar-refractivity contribution in [3.05, 3.63) is 109 Å². The number of benzene rings is 4. The van der Waals surface area contributed by atoms with Gasteiger partial charge in [0.2, 0.25) is 0 Å². The maximum Gasteiger partial charge on any atom is 1.00 e. The summed E-state index contributed by atoms with van der Waals surface area (Å²) >= 11 is 0. The van der Waals surface area contributed by atoms with Gasteiger partial charge < -0.3 is 9.11 Å². The second-order valence-corrected chi connectivity index (χ2v) is 12.5. The smallest absolute Gasteiger partial charge is 0.744 e. The molecular formula is C24H20Na2O6P2S2. The second kappa shape index (κ2) is 15.8. The molecule has 0 N–H and O–H groups in total. The van der Waals surface area contributed by atoms with Crippen molar-refractivity contribution >= 4 is 58.6 Å². The second-order valence-electron chi connectivity index (χ2n) is 6.95. The van der Waals surface area contributed by atoms with Gasteiger partial charge in [0.1, 0.15) is 20.2 Å². The summed E-state index contributed by atoms with van der Waals surface area (Å²) in [6.45, 7) is 0. The molecule has 0 saturated carbocycles. The molecule has 0 saturated heterocycles. The molecule has 4 aromatic rings. The summed E-state index contributed by atoms with van der Waals surface area (Å²) < 4.78 is 65.3. The van der Waals surface area contributed by atoms with Crippen LogP contribution in [0.1, 0.15) is 0 Å². The van der Waals surface area contributed by atoms with E-state index in [4.69, 9.17) is 0 Å². The minimum Gasteiger partial charge on any atom is -0.744 e. The van der Waals surface area contributed by atoms with Crippen molar-refractivity contribution in [2.75, 3.05) is 0 Å². The van der Waals surface area contributed by atoms with Gasteiger partial charge in [-0.25, -0.2) is 16.8 Å². The molecule has 0 amide bonds.